The summed E-state index contributed by atoms with van der Waals surface area (Å²) in [6.07, 6.45) is 1.60. The van der Waals surface area contributed by atoms with Gasteiger partial charge in [-0.05, 0) is 45.1 Å². The van der Waals surface area contributed by atoms with Crippen LogP contribution in [0.2, 0.25) is 0 Å². The number of rotatable bonds is 5. The lowest BCUT2D eigenvalue weighted by Crippen LogP contribution is -2.15. The topological polar surface area (TPSA) is 64.0 Å². The zero-order chi connectivity index (χ0) is 20.5. The molecule has 0 atom stereocenters. The Labute approximate surface area is 172 Å². The second-order valence-electron chi connectivity index (χ2n) is 7.49. The Balaban J connectivity index is 1.81. The second kappa shape index (κ2) is 7.67. The molecule has 3 rings (SSSR count). The summed E-state index contributed by atoms with van der Waals surface area (Å²) >= 11 is 3.31. The van der Waals surface area contributed by atoms with Crippen LogP contribution in [0.5, 0.6) is 0 Å². The minimum atomic E-state index is -3.80. The van der Waals surface area contributed by atoms with Gasteiger partial charge in [0.15, 0.2) is 5.82 Å². The van der Waals surface area contributed by atoms with Crippen molar-refractivity contribution >= 4 is 31.8 Å². The Kier molecular flexibility index (Phi) is 5.63. The fourth-order valence-corrected chi connectivity index (χ4v) is 4.23. The Morgan fingerprint density at radius 1 is 1.11 bits per heavy atom. The molecule has 5 nitrogen and oxygen atoms in total. The largest absolute Gasteiger partial charge is 0.265 e. The van der Waals surface area contributed by atoms with Gasteiger partial charge in [0.1, 0.15) is 5.82 Å². The molecule has 0 unspecified atom stereocenters. The zero-order valence-corrected chi connectivity index (χ0v) is 18.2. The SMILES string of the molecule is CC(C)(C)c1ccc(S(=O)(=O)Nc2nn(Cc3ccccc3F)cc2Br)cc1. The van der Waals surface area contributed by atoms with E-state index in [4.69, 9.17) is 0 Å². The van der Waals surface area contributed by atoms with Crippen LogP contribution >= 0.6 is 15.9 Å². The molecule has 0 saturated carbocycles. The van der Waals surface area contributed by atoms with E-state index in [2.05, 4.69) is 46.5 Å². The van der Waals surface area contributed by atoms with Crippen molar-refractivity contribution in [3.8, 4) is 0 Å². The Morgan fingerprint density at radius 3 is 2.36 bits per heavy atom. The summed E-state index contributed by atoms with van der Waals surface area (Å²) in [6.45, 7) is 6.38. The van der Waals surface area contributed by atoms with Gasteiger partial charge in [0.05, 0.1) is 15.9 Å². The van der Waals surface area contributed by atoms with Crippen molar-refractivity contribution in [2.75, 3.05) is 4.72 Å². The summed E-state index contributed by atoms with van der Waals surface area (Å²) in [7, 11) is -3.80. The molecule has 1 N–H and O–H groups in total. The standard InChI is InChI=1S/C20H21BrFN3O2S/c1-20(2,3)15-8-10-16(11-9-15)28(26,27)24-19-17(21)13-25(23-19)12-14-6-4-5-7-18(14)22/h4-11,13H,12H2,1-3H3,(H,23,24). The van der Waals surface area contributed by atoms with Crippen LogP contribution in [0, 0.1) is 5.82 Å². The molecule has 0 aliphatic carbocycles. The zero-order valence-electron chi connectivity index (χ0n) is 15.8. The number of halogens is 2. The van der Waals surface area contributed by atoms with Gasteiger partial charge in [-0.15, -0.1) is 0 Å². The number of hydrogen-bond acceptors (Lipinski definition) is 3. The van der Waals surface area contributed by atoms with Crippen LogP contribution in [0.15, 0.2) is 64.1 Å². The first-order valence-electron chi connectivity index (χ1n) is 8.66. The summed E-state index contributed by atoms with van der Waals surface area (Å²) in [6, 6.07) is 13.1. The van der Waals surface area contributed by atoms with Crippen LogP contribution in [-0.4, -0.2) is 18.2 Å². The van der Waals surface area contributed by atoms with Crippen molar-refractivity contribution in [1.29, 1.82) is 0 Å². The predicted molar refractivity (Wildman–Crippen MR) is 111 cm³/mol. The first-order chi connectivity index (χ1) is 13.1. The van der Waals surface area contributed by atoms with Crippen LogP contribution in [-0.2, 0) is 22.0 Å². The number of nitrogens with one attached hydrogen (secondary N) is 1. The Bertz CT molecular complexity index is 1090. The second-order valence-corrected chi connectivity index (χ2v) is 10.0. The van der Waals surface area contributed by atoms with Crippen LogP contribution in [0.3, 0.4) is 0 Å². The monoisotopic (exact) mass is 465 g/mol. The highest BCUT2D eigenvalue weighted by molar-refractivity contribution is 9.10. The molecule has 0 amide bonds. The molecule has 0 fully saturated rings. The molecule has 0 radical (unpaired) electrons. The molecular formula is C20H21BrFN3O2S. The Hall–Kier alpha value is -2.19. The van der Waals surface area contributed by atoms with Crippen molar-refractivity contribution < 1.29 is 12.8 Å². The molecule has 1 aromatic heterocycles. The van der Waals surface area contributed by atoms with Gasteiger partial charge < -0.3 is 0 Å². The quantitative estimate of drug-likeness (QED) is 0.580. The number of hydrogen-bond donors (Lipinski definition) is 1. The van der Waals surface area contributed by atoms with Crippen molar-refractivity contribution in [3.05, 3.63) is 76.1 Å². The lowest BCUT2D eigenvalue weighted by atomic mass is 9.87. The highest BCUT2D eigenvalue weighted by Crippen LogP contribution is 2.26. The van der Waals surface area contributed by atoms with Crippen LogP contribution < -0.4 is 4.72 Å². The summed E-state index contributed by atoms with van der Waals surface area (Å²) in [5.41, 5.74) is 1.44. The lowest BCUT2D eigenvalue weighted by molar-refractivity contribution is 0.584. The highest BCUT2D eigenvalue weighted by Gasteiger charge is 2.20. The third kappa shape index (κ3) is 4.62. The van der Waals surface area contributed by atoms with Crippen molar-refractivity contribution in [1.82, 2.24) is 9.78 Å². The van der Waals surface area contributed by atoms with Gasteiger partial charge >= 0.3 is 0 Å². The molecule has 0 spiro atoms. The molecule has 8 heteroatoms. The summed E-state index contributed by atoms with van der Waals surface area (Å²) in [5.74, 6) is -0.188. The third-order valence-corrected chi connectivity index (χ3v) is 6.20. The van der Waals surface area contributed by atoms with Crippen LogP contribution in [0.25, 0.3) is 0 Å². The third-order valence-electron chi connectivity index (χ3n) is 4.27. The molecule has 148 valence electrons. The number of nitrogens with zero attached hydrogens (tertiary/aromatic N) is 2. The molecule has 0 bridgehead atoms. The van der Waals surface area contributed by atoms with Crippen LogP contribution in [0.4, 0.5) is 10.2 Å². The van der Waals surface area contributed by atoms with E-state index in [1.807, 2.05) is 0 Å². The van der Waals surface area contributed by atoms with E-state index in [9.17, 15) is 12.8 Å². The van der Waals surface area contributed by atoms with E-state index in [-0.39, 0.29) is 28.5 Å². The minimum absolute atomic E-state index is 0.0652. The van der Waals surface area contributed by atoms with Gasteiger partial charge in [-0.25, -0.2) is 12.8 Å². The first kappa shape index (κ1) is 20.5. The number of aromatic nitrogens is 2. The summed E-state index contributed by atoms with van der Waals surface area (Å²) in [4.78, 5) is 0.149. The van der Waals surface area contributed by atoms with E-state index in [0.29, 0.717) is 10.0 Å². The molecule has 0 aliphatic heterocycles. The predicted octanol–water partition coefficient (Wildman–Crippen LogP) is 4.93. The molecule has 28 heavy (non-hydrogen) atoms. The number of sulfonamides is 1. The van der Waals surface area contributed by atoms with E-state index in [1.165, 1.54) is 10.7 Å². The van der Waals surface area contributed by atoms with Gasteiger partial charge in [-0.2, -0.15) is 5.10 Å². The number of benzene rings is 2. The Morgan fingerprint density at radius 2 is 1.75 bits per heavy atom. The lowest BCUT2D eigenvalue weighted by Gasteiger charge is -2.19. The van der Waals surface area contributed by atoms with Gasteiger partial charge in [0, 0.05) is 11.8 Å². The minimum Gasteiger partial charge on any atom is -0.265 e. The summed E-state index contributed by atoms with van der Waals surface area (Å²) < 4.78 is 43.6. The maximum Gasteiger partial charge on any atom is 0.263 e. The highest BCUT2D eigenvalue weighted by atomic mass is 79.9. The van der Waals surface area contributed by atoms with E-state index < -0.39 is 10.0 Å². The molecule has 1 heterocycles. The normalized spacial score (nSPS) is 12.2. The molecule has 0 aliphatic rings. The smallest absolute Gasteiger partial charge is 0.263 e. The molecule has 0 saturated heterocycles. The first-order valence-corrected chi connectivity index (χ1v) is 10.9. The maximum absolute atomic E-state index is 13.8. The van der Waals surface area contributed by atoms with Crippen LogP contribution in [0.1, 0.15) is 31.9 Å². The molecule has 2 aromatic carbocycles. The van der Waals surface area contributed by atoms with Gasteiger partial charge in [-0.3, -0.25) is 9.40 Å². The number of anilines is 1. The van der Waals surface area contributed by atoms with E-state index in [0.717, 1.165) is 5.56 Å². The molecule has 3 aromatic rings. The fourth-order valence-electron chi connectivity index (χ4n) is 2.67. The van der Waals surface area contributed by atoms with Gasteiger partial charge in [-0.1, -0.05) is 51.1 Å². The van der Waals surface area contributed by atoms with Crippen molar-refractivity contribution in [2.45, 2.75) is 37.6 Å². The van der Waals surface area contributed by atoms with E-state index in [1.54, 1.807) is 48.7 Å². The van der Waals surface area contributed by atoms with Gasteiger partial charge in [0.25, 0.3) is 10.0 Å². The van der Waals surface area contributed by atoms with E-state index >= 15 is 0 Å². The summed E-state index contributed by atoms with van der Waals surface area (Å²) in [5, 5.41) is 4.23. The average Bonchev–Trinajstić information content (AvgIpc) is 2.95. The maximum atomic E-state index is 13.8. The average molecular weight is 466 g/mol. The molecular weight excluding hydrogens is 445 g/mol. The van der Waals surface area contributed by atoms with Crippen molar-refractivity contribution in [2.24, 2.45) is 0 Å². The van der Waals surface area contributed by atoms with Gasteiger partial charge in [0.2, 0.25) is 0 Å². The fraction of sp³-hybridized carbons (Fsp3) is 0.250. The van der Waals surface area contributed by atoms with Crippen molar-refractivity contribution in [3.63, 3.8) is 0 Å².